The van der Waals surface area contributed by atoms with Crippen LogP contribution in [0.2, 0.25) is 0 Å². The van der Waals surface area contributed by atoms with Gasteiger partial charge in [-0.15, -0.1) is 0 Å². The number of urea groups is 1. The van der Waals surface area contributed by atoms with Crippen LogP contribution >= 0.6 is 0 Å². The molecule has 2 N–H and O–H groups in total. The molecule has 2 unspecified atom stereocenters. The number of carbonyl (C=O) groups excluding carboxylic acids is 3. The average Bonchev–Trinajstić information content (AvgIpc) is 3.49. The first kappa shape index (κ1) is 17.8. The van der Waals surface area contributed by atoms with Gasteiger partial charge in [-0.1, -0.05) is 6.92 Å². The van der Waals surface area contributed by atoms with E-state index in [1.807, 2.05) is 30.2 Å². The molecule has 3 fully saturated rings. The predicted octanol–water partition coefficient (Wildman–Crippen LogP) is 0.745. The van der Waals surface area contributed by atoms with Crippen LogP contribution in [-0.4, -0.2) is 59.4 Å². The lowest BCUT2D eigenvalue weighted by Gasteiger charge is -2.38. The van der Waals surface area contributed by atoms with Crippen molar-refractivity contribution >= 4 is 23.5 Å². The molecule has 4 amide bonds. The molecule has 0 aromatic carbocycles. The SMILES string of the molecule is CC(CC1(C2CC2)NC(=O)NC1=O)C(=O)N1CCN(c2cccnc2)CC1. The Morgan fingerprint density at radius 2 is 2.04 bits per heavy atom. The number of pyridine rings is 1. The van der Waals surface area contributed by atoms with Gasteiger partial charge in [-0.05, 0) is 37.3 Å². The zero-order valence-corrected chi connectivity index (χ0v) is 15.5. The molecule has 3 heterocycles. The highest BCUT2D eigenvalue weighted by atomic mass is 16.2. The molecule has 2 aliphatic heterocycles. The van der Waals surface area contributed by atoms with Crippen LogP contribution in [0.1, 0.15) is 26.2 Å². The van der Waals surface area contributed by atoms with Gasteiger partial charge in [0.1, 0.15) is 5.54 Å². The summed E-state index contributed by atoms with van der Waals surface area (Å²) in [5.74, 6) is -0.410. The van der Waals surface area contributed by atoms with Crippen molar-refractivity contribution in [3.63, 3.8) is 0 Å². The Morgan fingerprint density at radius 3 is 2.59 bits per heavy atom. The van der Waals surface area contributed by atoms with Crippen molar-refractivity contribution in [2.45, 2.75) is 31.7 Å². The van der Waals surface area contributed by atoms with Crippen molar-refractivity contribution in [1.29, 1.82) is 0 Å². The molecule has 144 valence electrons. The van der Waals surface area contributed by atoms with Gasteiger partial charge in [-0.3, -0.25) is 19.9 Å². The summed E-state index contributed by atoms with van der Waals surface area (Å²) in [4.78, 5) is 45.3. The maximum absolute atomic E-state index is 13.0. The van der Waals surface area contributed by atoms with E-state index in [0.717, 1.165) is 31.6 Å². The molecule has 1 saturated carbocycles. The Morgan fingerprint density at radius 1 is 1.30 bits per heavy atom. The largest absolute Gasteiger partial charge is 0.367 e. The zero-order chi connectivity index (χ0) is 19.0. The molecular formula is C19H25N5O3. The Bertz CT molecular complexity index is 743. The van der Waals surface area contributed by atoms with Crippen LogP contribution in [0.25, 0.3) is 0 Å². The minimum Gasteiger partial charge on any atom is -0.367 e. The van der Waals surface area contributed by atoms with Gasteiger partial charge in [0.2, 0.25) is 5.91 Å². The molecular weight excluding hydrogens is 346 g/mol. The van der Waals surface area contributed by atoms with Gasteiger partial charge in [0.25, 0.3) is 5.91 Å². The minimum atomic E-state index is -0.913. The predicted molar refractivity (Wildman–Crippen MR) is 98.9 cm³/mol. The maximum atomic E-state index is 13.0. The van der Waals surface area contributed by atoms with Crippen LogP contribution in [0.5, 0.6) is 0 Å². The Balaban J connectivity index is 1.37. The molecule has 1 aromatic heterocycles. The smallest absolute Gasteiger partial charge is 0.322 e. The summed E-state index contributed by atoms with van der Waals surface area (Å²) in [5, 5.41) is 5.16. The fourth-order valence-electron chi connectivity index (χ4n) is 4.29. The van der Waals surface area contributed by atoms with E-state index < -0.39 is 11.6 Å². The maximum Gasteiger partial charge on any atom is 0.322 e. The van der Waals surface area contributed by atoms with Crippen LogP contribution in [0.4, 0.5) is 10.5 Å². The van der Waals surface area contributed by atoms with Gasteiger partial charge in [-0.2, -0.15) is 0 Å². The number of anilines is 1. The summed E-state index contributed by atoms with van der Waals surface area (Å²) in [5.41, 5.74) is 0.152. The lowest BCUT2D eigenvalue weighted by molar-refractivity contribution is -0.136. The van der Waals surface area contributed by atoms with Crippen LogP contribution in [0, 0.1) is 11.8 Å². The number of hydrogen-bond acceptors (Lipinski definition) is 5. The highest BCUT2D eigenvalue weighted by Crippen LogP contribution is 2.44. The van der Waals surface area contributed by atoms with E-state index in [4.69, 9.17) is 0 Å². The second-order valence-corrected chi connectivity index (χ2v) is 7.78. The fraction of sp³-hybridized carbons (Fsp3) is 0.579. The van der Waals surface area contributed by atoms with Crippen molar-refractivity contribution in [1.82, 2.24) is 20.5 Å². The van der Waals surface area contributed by atoms with Gasteiger partial charge in [0.05, 0.1) is 11.9 Å². The second kappa shape index (κ2) is 6.83. The van der Waals surface area contributed by atoms with Crippen LogP contribution in [0.3, 0.4) is 0 Å². The van der Waals surface area contributed by atoms with Crippen molar-refractivity contribution in [2.75, 3.05) is 31.1 Å². The summed E-state index contributed by atoms with van der Waals surface area (Å²) in [7, 11) is 0. The van der Waals surface area contributed by atoms with Crippen molar-refractivity contribution in [2.24, 2.45) is 11.8 Å². The summed E-state index contributed by atoms with van der Waals surface area (Å²) >= 11 is 0. The number of nitrogens with one attached hydrogen (secondary N) is 2. The number of imide groups is 1. The number of hydrogen-bond donors (Lipinski definition) is 2. The number of amides is 4. The van der Waals surface area contributed by atoms with E-state index in [1.165, 1.54) is 0 Å². The van der Waals surface area contributed by atoms with Crippen LogP contribution in [-0.2, 0) is 9.59 Å². The molecule has 0 radical (unpaired) electrons. The third kappa shape index (κ3) is 3.36. The number of aromatic nitrogens is 1. The van der Waals surface area contributed by atoms with Gasteiger partial charge in [0.15, 0.2) is 0 Å². The Labute approximate surface area is 158 Å². The van der Waals surface area contributed by atoms with E-state index in [2.05, 4.69) is 20.5 Å². The van der Waals surface area contributed by atoms with Crippen molar-refractivity contribution in [3.05, 3.63) is 24.5 Å². The van der Waals surface area contributed by atoms with E-state index in [-0.39, 0.29) is 23.7 Å². The minimum absolute atomic E-state index is 0.0508. The molecule has 2 saturated heterocycles. The molecule has 0 spiro atoms. The molecule has 8 heteroatoms. The van der Waals surface area contributed by atoms with Gasteiger partial charge < -0.3 is 15.1 Å². The first-order valence-electron chi connectivity index (χ1n) is 9.57. The molecule has 2 atom stereocenters. The quantitative estimate of drug-likeness (QED) is 0.745. The topological polar surface area (TPSA) is 94.6 Å². The Kier molecular flexibility index (Phi) is 4.49. The monoisotopic (exact) mass is 371 g/mol. The number of nitrogens with zero attached hydrogens (tertiary/aromatic N) is 3. The van der Waals surface area contributed by atoms with Crippen molar-refractivity contribution < 1.29 is 14.4 Å². The standard InChI is InChI=1S/C19H25N5O3/c1-13(11-19(14-4-5-14)17(26)21-18(27)22-19)16(25)24-9-7-23(8-10-24)15-3-2-6-20-12-15/h2-3,6,12-14H,4-5,7-11H2,1H3,(H2,21,22,26,27). The Hall–Kier alpha value is -2.64. The van der Waals surface area contributed by atoms with Crippen molar-refractivity contribution in [3.8, 4) is 0 Å². The van der Waals surface area contributed by atoms with Crippen LogP contribution < -0.4 is 15.5 Å². The first-order chi connectivity index (χ1) is 13.0. The number of carbonyl (C=O) groups is 3. The molecule has 1 aromatic rings. The third-order valence-electron chi connectivity index (χ3n) is 5.90. The number of rotatable bonds is 5. The van der Waals surface area contributed by atoms with E-state index in [0.29, 0.717) is 19.5 Å². The summed E-state index contributed by atoms with van der Waals surface area (Å²) in [6.45, 7) is 4.67. The highest BCUT2D eigenvalue weighted by molar-refractivity contribution is 6.07. The lowest BCUT2D eigenvalue weighted by atomic mass is 9.83. The highest BCUT2D eigenvalue weighted by Gasteiger charge is 2.56. The molecule has 4 rings (SSSR count). The normalized spacial score (nSPS) is 26.6. The van der Waals surface area contributed by atoms with E-state index >= 15 is 0 Å². The molecule has 1 aliphatic carbocycles. The second-order valence-electron chi connectivity index (χ2n) is 7.78. The van der Waals surface area contributed by atoms with E-state index in [1.54, 1.807) is 6.20 Å². The molecule has 8 nitrogen and oxygen atoms in total. The molecule has 0 bridgehead atoms. The van der Waals surface area contributed by atoms with Gasteiger partial charge in [0, 0.05) is 38.3 Å². The summed E-state index contributed by atoms with van der Waals surface area (Å²) < 4.78 is 0. The first-order valence-corrected chi connectivity index (χ1v) is 9.57. The molecule has 27 heavy (non-hydrogen) atoms. The fourth-order valence-corrected chi connectivity index (χ4v) is 4.29. The lowest BCUT2D eigenvalue weighted by Crippen LogP contribution is -2.54. The summed E-state index contributed by atoms with van der Waals surface area (Å²) in [6, 6.07) is 3.48. The third-order valence-corrected chi connectivity index (χ3v) is 5.90. The van der Waals surface area contributed by atoms with Gasteiger partial charge >= 0.3 is 6.03 Å². The number of piperazine rings is 1. The van der Waals surface area contributed by atoms with Gasteiger partial charge in [-0.25, -0.2) is 4.79 Å². The summed E-state index contributed by atoms with van der Waals surface area (Å²) in [6.07, 6.45) is 5.77. The zero-order valence-electron chi connectivity index (χ0n) is 15.5. The van der Waals surface area contributed by atoms with Crippen LogP contribution in [0.15, 0.2) is 24.5 Å². The molecule has 3 aliphatic rings. The average molecular weight is 371 g/mol. The van der Waals surface area contributed by atoms with E-state index in [9.17, 15) is 14.4 Å².